The Morgan fingerprint density at radius 2 is 1.43 bits per heavy atom. The molecule has 3 aromatic carbocycles. The average molecular weight is 402 g/mol. The molecule has 3 aromatic rings. The molecular formula is C26H27NO3. The van der Waals surface area contributed by atoms with Crippen molar-refractivity contribution >= 4 is 5.91 Å². The van der Waals surface area contributed by atoms with E-state index in [1.165, 1.54) is 5.56 Å². The summed E-state index contributed by atoms with van der Waals surface area (Å²) in [6.45, 7) is 2.77. The Kier molecular flexibility index (Phi) is 5.75. The van der Waals surface area contributed by atoms with Crippen LogP contribution in [0.2, 0.25) is 0 Å². The second-order valence-corrected chi connectivity index (χ2v) is 7.62. The zero-order valence-corrected chi connectivity index (χ0v) is 17.7. The number of carbonyl (C=O) groups is 1. The predicted octanol–water partition coefficient (Wildman–Crippen LogP) is 4.98. The van der Waals surface area contributed by atoms with Gasteiger partial charge in [0.05, 0.1) is 26.2 Å². The van der Waals surface area contributed by atoms with E-state index in [1.807, 2.05) is 77.7 Å². The van der Waals surface area contributed by atoms with Crippen LogP contribution in [0.25, 0.3) is 0 Å². The third kappa shape index (κ3) is 3.65. The summed E-state index contributed by atoms with van der Waals surface area (Å²) < 4.78 is 11.0. The lowest BCUT2D eigenvalue weighted by atomic mass is 9.87. The van der Waals surface area contributed by atoms with Crippen LogP contribution in [0, 0.1) is 0 Å². The van der Waals surface area contributed by atoms with Crippen molar-refractivity contribution in [1.82, 2.24) is 4.90 Å². The quantitative estimate of drug-likeness (QED) is 0.605. The average Bonchev–Trinajstić information content (AvgIpc) is 2.80. The van der Waals surface area contributed by atoms with E-state index in [2.05, 4.69) is 6.92 Å². The van der Waals surface area contributed by atoms with Gasteiger partial charge < -0.3 is 14.4 Å². The molecule has 0 saturated carbocycles. The van der Waals surface area contributed by atoms with Crippen molar-refractivity contribution in [1.29, 1.82) is 0 Å². The van der Waals surface area contributed by atoms with Gasteiger partial charge >= 0.3 is 0 Å². The fourth-order valence-corrected chi connectivity index (χ4v) is 4.38. The van der Waals surface area contributed by atoms with E-state index in [0.717, 1.165) is 28.9 Å². The highest BCUT2D eigenvalue weighted by molar-refractivity contribution is 5.88. The first-order chi connectivity index (χ1) is 14.6. The van der Waals surface area contributed by atoms with Gasteiger partial charge in [-0.25, -0.2) is 0 Å². The highest BCUT2D eigenvalue weighted by Crippen LogP contribution is 2.39. The van der Waals surface area contributed by atoms with Gasteiger partial charge in [0.15, 0.2) is 11.5 Å². The van der Waals surface area contributed by atoms with E-state index in [1.54, 1.807) is 14.2 Å². The highest BCUT2D eigenvalue weighted by atomic mass is 16.5. The lowest BCUT2D eigenvalue weighted by Gasteiger charge is -2.38. The molecule has 0 bridgehead atoms. The first-order valence-electron chi connectivity index (χ1n) is 10.3. The molecule has 1 amide bonds. The molecule has 1 atom stereocenters. The Labute approximate surface area is 178 Å². The standard InChI is InChI=1S/C26H27NO3/c1-18-22-17-24(30-3)23(29-2)16-21(22)14-15-27(18)26(28)25(19-10-6-4-7-11-19)20-12-8-5-9-13-20/h4-13,16-18,25H,14-15H2,1-3H3. The second-order valence-electron chi connectivity index (χ2n) is 7.62. The second kappa shape index (κ2) is 8.62. The fraction of sp³-hybridized carbons (Fsp3) is 0.269. The van der Waals surface area contributed by atoms with E-state index in [-0.39, 0.29) is 17.9 Å². The van der Waals surface area contributed by atoms with Gasteiger partial charge in [0.25, 0.3) is 0 Å². The molecule has 1 unspecified atom stereocenters. The Morgan fingerprint density at radius 1 is 0.900 bits per heavy atom. The van der Waals surface area contributed by atoms with Crippen LogP contribution in [0.4, 0.5) is 0 Å². The molecule has 4 nitrogen and oxygen atoms in total. The van der Waals surface area contributed by atoms with Crippen molar-refractivity contribution < 1.29 is 14.3 Å². The molecule has 4 rings (SSSR count). The minimum atomic E-state index is -0.323. The summed E-state index contributed by atoms with van der Waals surface area (Å²) in [5.41, 5.74) is 4.35. The first-order valence-corrected chi connectivity index (χ1v) is 10.3. The molecule has 4 heteroatoms. The highest BCUT2D eigenvalue weighted by Gasteiger charge is 2.34. The lowest BCUT2D eigenvalue weighted by molar-refractivity contribution is -0.134. The van der Waals surface area contributed by atoms with Gasteiger partial charge in [-0.05, 0) is 47.7 Å². The number of methoxy groups -OCH3 is 2. The Bertz CT molecular complexity index is 978. The summed E-state index contributed by atoms with van der Waals surface area (Å²) in [6.07, 6.45) is 0.794. The van der Waals surface area contributed by atoms with Crippen molar-refractivity contribution in [3.8, 4) is 11.5 Å². The number of rotatable bonds is 5. The minimum Gasteiger partial charge on any atom is -0.493 e. The van der Waals surface area contributed by atoms with Crippen LogP contribution in [-0.2, 0) is 11.2 Å². The summed E-state index contributed by atoms with van der Waals surface area (Å²) >= 11 is 0. The lowest BCUT2D eigenvalue weighted by Crippen LogP contribution is -2.41. The third-order valence-corrected chi connectivity index (χ3v) is 5.98. The van der Waals surface area contributed by atoms with E-state index in [4.69, 9.17) is 9.47 Å². The molecule has 1 aliphatic rings. The van der Waals surface area contributed by atoms with E-state index in [9.17, 15) is 4.79 Å². The van der Waals surface area contributed by atoms with Crippen molar-refractivity contribution in [2.24, 2.45) is 0 Å². The normalized spacial score (nSPS) is 15.6. The van der Waals surface area contributed by atoms with Crippen LogP contribution in [0.1, 0.15) is 41.1 Å². The number of nitrogens with zero attached hydrogens (tertiary/aromatic N) is 1. The number of fused-ring (bicyclic) bond motifs is 1. The van der Waals surface area contributed by atoms with Gasteiger partial charge in [0.1, 0.15) is 0 Å². The molecule has 0 saturated heterocycles. The molecular weight excluding hydrogens is 374 g/mol. The molecule has 0 spiro atoms. The van der Waals surface area contributed by atoms with Gasteiger partial charge in [0, 0.05) is 6.54 Å². The Balaban J connectivity index is 1.71. The van der Waals surface area contributed by atoms with Gasteiger partial charge in [-0.1, -0.05) is 60.7 Å². The molecule has 0 aliphatic carbocycles. The molecule has 1 aliphatic heterocycles. The number of hydrogen-bond acceptors (Lipinski definition) is 3. The molecule has 0 N–H and O–H groups in total. The number of carbonyl (C=O) groups excluding carboxylic acids is 1. The first kappa shape index (κ1) is 20.0. The number of ether oxygens (including phenoxy) is 2. The maximum absolute atomic E-state index is 13.9. The summed E-state index contributed by atoms with van der Waals surface area (Å²) in [5, 5.41) is 0. The van der Waals surface area contributed by atoms with Crippen molar-refractivity contribution in [2.45, 2.75) is 25.3 Å². The van der Waals surface area contributed by atoms with Gasteiger partial charge in [-0.2, -0.15) is 0 Å². The van der Waals surface area contributed by atoms with E-state index >= 15 is 0 Å². The zero-order chi connectivity index (χ0) is 21.1. The molecule has 0 fully saturated rings. The summed E-state index contributed by atoms with van der Waals surface area (Å²) in [5.74, 6) is 1.23. The Morgan fingerprint density at radius 3 is 1.97 bits per heavy atom. The molecule has 154 valence electrons. The van der Waals surface area contributed by atoms with Gasteiger partial charge in [0.2, 0.25) is 5.91 Å². The molecule has 0 aromatic heterocycles. The maximum atomic E-state index is 13.9. The van der Waals surface area contributed by atoms with Crippen molar-refractivity contribution in [2.75, 3.05) is 20.8 Å². The van der Waals surface area contributed by atoms with Crippen LogP contribution in [-0.4, -0.2) is 31.6 Å². The van der Waals surface area contributed by atoms with Gasteiger partial charge in [-0.3, -0.25) is 4.79 Å². The minimum absolute atomic E-state index is 0.0454. The van der Waals surface area contributed by atoms with E-state index in [0.29, 0.717) is 12.3 Å². The summed E-state index contributed by atoms with van der Waals surface area (Å²) in [7, 11) is 3.29. The number of benzene rings is 3. The van der Waals surface area contributed by atoms with Crippen LogP contribution in [0.3, 0.4) is 0 Å². The Hall–Kier alpha value is -3.27. The number of amides is 1. The van der Waals surface area contributed by atoms with Crippen LogP contribution in [0.5, 0.6) is 11.5 Å². The topological polar surface area (TPSA) is 38.8 Å². The monoisotopic (exact) mass is 401 g/mol. The molecule has 0 radical (unpaired) electrons. The zero-order valence-electron chi connectivity index (χ0n) is 17.7. The molecule has 1 heterocycles. The fourth-order valence-electron chi connectivity index (χ4n) is 4.38. The smallest absolute Gasteiger partial charge is 0.235 e. The van der Waals surface area contributed by atoms with Crippen LogP contribution in [0.15, 0.2) is 72.8 Å². The number of hydrogen-bond donors (Lipinski definition) is 0. The maximum Gasteiger partial charge on any atom is 0.235 e. The predicted molar refractivity (Wildman–Crippen MR) is 118 cm³/mol. The van der Waals surface area contributed by atoms with Crippen molar-refractivity contribution in [3.05, 3.63) is 95.1 Å². The molecule has 30 heavy (non-hydrogen) atoms. The third-order valence-electron chi connectivity index (χ3n) is 5.98. The summed E-state index contributed by atoms with van der Waals surface area (Å²) in [6, 6.07) is 24.1. The van der Waals surface area contributed by atoms with Crippen LogP contribution >= 0.6 is 0 Å². The summed E-state index contributed by atoms with van der Waals surface area (Å²) in [4.78, 5) is 15.9. The SMILES string of the molecule is COc1cc2c(cc1OC)C(C)N(C(=O)C(c1ccccc1)c1ccccc1)CC2. The van der Waals surface area contributed by atoms with Crippen molar-refractivity contribution in [3.63, 3.8) is 0 Å². The largest absolute Gasteiger partial charge is 0.493 e. The van der Waals surface area contributed by atoms with Gasteiger partial charge in [-0.15, -0.1) is 0 Å². The van der Waals surface area contributed by atoms with E-state index < -0.39 is 0 Å². The van der Waals surface area contributed by atoms with Crippen LogP contribution < -0.4 is 9.47 Å².